The molecule has 0 amide bonds. The summed E-state index contributed by atoms with van der Waals surface area (Å²) in [5.41, 5.74) is 3.05. The lowest BCUT2D eigenvalue weighted by molar-refractivity contribution is 0.128. The number of nitrogens with one attached hydrogen (secondary N) is 1. The summed E-state index contributed by atoms with van der Waals surface area (Å²) < 4.78 is 5.61. The molecule has 0 fully saturated rings. The third kappa shape index (κ3) is 4.32. The van der Waals surface area contributed by atoms with Gasteiger partial charge in [-0.2, -0.15) is 0 Å². The minimum absolute atomic E-state index is 0.540. The van der Waals surface area contributed by atoms with E-state index in [4.69, 9.17) is 4.74 Å². The monoisotopic (exact) mass is 275 g/mol. The van der Waals surface area contributed by atoms with Crippen LogP contribution in [0.5, 0.6) is 0 Å². The minimum Gasteiger partial charge on any atom is -0.381 e. The van der Waals surface area contributed by atoms with Crippen LogP contribution in [0.15, 0.2) is 24.3 Å². The molecule has 1 N–H and O–H groups in total. The molecular formula is C18H29NO. The van der Waals surface area contributed by atoms with Gasteiger partial charge >= 0.3 is 0 Å². The molecule has 0 aromatic heterocycles. The van der Waals surface area contributed by atoms with E-state index >= 15 is 0 Å². The molecule has 0 spiro atoms. The van der Waals surface area contributed by atoms with E-state index in [2.05, 4.69) is 43.4 Å². The Morgan fingerprint density at radius 1 is 1.10 bits per heavy atom. The highest BCUT2D eigenvalue weighted by molar-refractivity contribution is 5.34. The van der Waals surface area contributed by atoms with Crippen molar-refractivity contribution in [2.75, 3.05) is 19.8 Å². The quantitative estimate of drug-likeness (QED) is 0.709. The van der Waals surface area contributed by atoms with Crippen molar-refractivity contribution in [3.8, 4) is 0 Å². The van der Waals surface area contributed by atoms with Gasteiger partial charge in [-0.1, -0.05) is 44.5 Å². The summed E-state index contributed by atoms with van der Waals surface area (Å²) in [7, 11) is 0. The van der Waals surface area contributed by atoms with Gasteiger partial charge in [0.05, 0.1) is 0 Å². The molecule has 0 radical (unpaired) electrons. The first-order valence-electron chi connectivity index (χ1n) is 8.23. The van der Waals surface area contributed by atoms with Gasteiger partial charge in [-0.15, -0.1) is 0 Å². The number of benzene rings is 1. The maximum atomic E-state index is 5.61. The summed E-state index contributed by atoms with van der Waals surface area (Å²) in [5, 5.41) is 3.71. The lowest BCUT2D eigenvalue weighted by Crippen LogP contribution is -2.27. The fourth-order valence-corrected chi connectivity index (χ4v) is 3.02. The molecule has 112 valence electrons. The summed E-state index contributed by atoms with van der Waals surface area (Å²) in [6, 6.07) is 9.46. The summed E-state index contributed by atoms with van der Waals surface area (Å²) in [6.07, 6.45) is 6.06. The van der Waals surface area contributed by atoms with Crippen molar-refractivity contribution < 1.29 is 4.74 Å². The van der Waals surface area contributed by atoms with Crippen molar-refractivity contribution in [1.82, 2.24) is 5.32 Å². The molecule has 1 aliphatic rings. The Morgan fingerprint density at radius 2 is 1.85 bits per heavy atom. The number of rotatable bonds is 8. The van der Waals surface area contributed by atoms with Gasteiger partial charge in [0.2, 0.25) is 0 Å². The van der Waals surface area contributed by atoms with Gasteiger partial charge in [-0.05, 0) is 49.3 Å². The smallest absolute Gasteiger partial charge is 0.0478 e. The van der Waals surface area contributed by atoms with E-state index in [1.54, 1.807) is 0 Å². The van der Waals surface area contributed by atoms with Gasteiger partial charge in [0.1, 0.15) is 0 Å². The van der Waals surface area contributed by atoms with Crippen molar-refractivity contribution >= 4 is 0 Å². The Hall–Kier alpha value is -0.860. The van der Waals surface area contributed by atoms with Gasteiger partial charge in [-0.3, -0.25) is 0 Å². The number of hydrogen-bond acceptors (Lipinski definition) is 2. The Bertz CT molecular complexity index is 391. The second kappa shape index (κ2) is 8.43. The molecule has 0 saturated carbocycles. The Morgan fingerprint density at radius 3 is 2.65 bits per heavy atom. The maximum absolute atomic E-state index is 5.61. The minimum atomic E-state index is 0.540. The zero-order chi connectivity index (χ0) is 14.2. The van der Waals surface area contributed by atoms with E-state index in [1.807, 2.05) is 0 Å². The zero-order valence-corrected chi connectivity index (χ0v) is 13.0. The fraction of sp³-hybridized carbons (Fsp3) is 0.667. The highest BCUT2D eigenvalue weighted by atomic mass is 16.5. The molecule has 2 atom stereocenters. The first kappa shape index (κ1) is 15.5. The van der Waals surface area contributed by atoms with Gasteiger partial charge < -0.3 is 10.1 Å². The molecule has 20 heavy (non-hydrogen) atoms. The van der Waals surface area contributed by atoms with E-state index < -0.39 is 0 Å². The van der Waals surface area contributed by atoms with Crippen LogP contribution in [-0.4, -0.2) is 19.8 Å². The van der Waals surface area contributed by atoms with E-state index in [0.29, 0.717) is 12.0 Å². The third-order valence-corrected chi connectivity index (χ3v) is 4.29. The highest BCUT2D eigenvalue weighted by Gasteiger charge is 2.23. The number of unbranched alkanes of at least 4 members (excludes halogenated alkanes) is 1. The molecule has 2 heteroatoms. The van der Waals surface area contributed by atoms with E-state index in [9.17, 15) is 0 Å². The predicted octanol–water partition coefficient (Wildman–Crippen LogP) is 4.42. The molecule has 0 bridgehead atoms. The topological polar surface area (TPSA) is 21.3 Å². The van der Waals surface area contributed by atoms with Gasteiger partial charge in [0, 0.05) is 19.3 Å². The Kier molecular flexibility index (Phi) is 6.55. The predicted molar refractivity (Wildman–Crippen MR) is 85.2 cm³/mol. The molecular weight excluding hydrogens is 246 g/mol. The lowest BCUT2D eigenvalue weighted by Gasteiger charge is -2.30. The molecule has 0 aliphatic heterocycles. The molecule has 0 saturated heterocycles. The van der Waals surface area contributed by atoms with Gasteiger partial charge in [-0.25, -0.2) is 0 Å². The van der Waals surface area contributed by atoms with Crippen LogP contribution in [0.4, 0.5) is 0 Å². The van der Waals surface area contributed by atoms with Crippen LogP contribution in [-0.2, 0) is 4.74 Å². The second-order valence-electron chi connectivity index (χ2n) is 5.93. The Labute approximate surface area is 123 Å². The van der Waals surface area contributed by atoms with Crippen LogP contribution in [0.2, 0.25) is 0 Å². The summed E-state index contributed by atoms with van der Waals surface area (Å²) >= 11 is 0. The van der Waals surface area contributed by atoms with Crippen LogP contribution in [0, 0.1) is 0 Å². The van der Waals surface area contributed by atoms with Gasteiger partial charge in [0.15, 0.2) is 0 Å². The summed E-state index contributed by atoms with van der Waals surface area (Å²) in [6.45, 7) is 7.40. The average molecular weight is 275 g/mol. The molecule has 2 unspecified atom stereocenters. The SMILES string of the molecule is CCCCOCCCNC1CCC(C)c2ccccc21. The van der Waals surface area contributed by atoms with Crippen LogP contribution < -0.4 is 5.32 Å². The van der Waals surface area contributed by atoms with Crippen molar-refractivity contribution in [3.63, 3.8) is 0 Å². The first-order chi connectivity index (χ1) is 9.83. The zero-order valence-electron chi connectivity index (χ0n) is 13.0. The molecule has 0 heterocycles. The van der Waals surface area contributed by atoms with Crippen LogP contribution in [0.3, 0.4) is 0 Å². The molecule has 1 aliphatic carbocycles. The van der Waals surface area contributed by atoms with Gasteiger partial charge in [0.25, 0.3) is 0 Å². The lowest BCUT2D eigenvalue weighted by atomic mass is 9.81. The normalized spacial score (nSPS) is 21.7. The second-order valence-corrected chi connectivity index (χ2v) is 5.93. The first-order valence-corrected chi connectivity index (χ1v) is 8.23. The van der Waals surface area contributed by atoms with Crippen molar-refractivity contribution in [2.24, 2.45) is 0 Å². The molecule has 1 aromatic rings. The molecule has 1 aromatic carbocycles. The van der Waals surface area contributed by atoms with Crippen molar-refractivity contribution in [3.05, 3.63) is 35.4 Å². The third-order valence-electron chi connectivity index (χ3n) is 4.29. The standard InChI is InChI=1S/C18H29NO/c1-3-4-13-20-14-7-12-19-18-11-10-15(2)16-8-5-6-9-17(16)18/h5-6,8-9,15,18-19H,3-4,7,10-14H2,1-2H3. The Balaban J connectivity index is 1.73. The highest BCUT2D eigenvalue weighted by Crippen LogP contribution is 2.36. The maximum Gasteiger partial charge on any atom is 0.0478 e. The molecule has 2 nitrogen and oxygen atoms in total. The van der Waals surface area contributed by atoms with Crippen LogP contribution in [0.25, 0.3) is 0 Å². The summed E-state index contributed by atoms with van der Waals surface area (Å²) in [5.74, 6) is 0.710. The number of ether oxygens (including phenoxy) is 1. The van der Waals surface area contributed by atoms with Crippen LogP contribution >= 0.6 is 0 Å². The fourth-order valence-electron chi connectivity index (χ4n) is 3.02. The summed E-state index contributed by atoms with van der Waals surface area (Å²) in [4.78, 5) is 0. The van der Waals surface area contributed by atoms with E-state index in [1.165, 1.54) is 36.8 Å². The van der Waals surface area contributed by atoms with Crippen LogP contribution in [0.1, 0.15) is 69.0 Å². The van der Waals surface area contributed by atoms with Crippen molar-refractivity contribution in [1.29, 1.82) is 0 Å². The number of hydrogen-bond donors (Lipinski definition) is 1. The molecule has 2 rings (SSSR count). The average Bonchev–Trinajstić information content (AvgIpc) is 2.49. The van der Waals surface area contributed by atoms with Crippen molar-refractivity contribution in [2.45, 2.75) is 57.9 Å². The number of fused-ring (bicyclic) bond motifs is 1. The van der Waals surface area contributed by atoms with E-state index in [0.717, 1.165) is 26.2 Å². The largest absolute Gasteiger partial charge is 0.381 e. The van der Waals surface area contributed by atoms with E-state index in [-0.39, 0.29) is 0 Å².